The van der Waals surface area contributed by atoms with Gasteiger partial charge in [-0.15, -0.1) is 11.3 Å². The molecule has 5 nitrogen and oxygen atoms in total. The van der Waals surface area contributed by atoms with Gasteiger partial charge in [-0.1, -0.05) is 37.1 Å². The summed E-state index contributed by atoms with van der Waals surface area (Å²) in [5, 5.41) is 6.38. The van der Waals surface area contributed by atoms with Crippen LogP contribution in [0.5, 0.6) is 0 Å². The Morgan fingerprint density at radius 3 is 2.80 bits per heavy atom. The molecule has 0 unspecified atom stereocenters. The number of benzene rings is 1. The maximum atomic E-state index is 12.0. The first-order chi connectivity index (χ1) is 12.1. The van der Waals surface area contributed by atoms with E-state index in [1.165, 1.54) is 11.3 Å². The number of imidazole rings is 1. The van der Waals surface area contributed by atoms with Gasteiger partial charge < -0.3 is 5.32 Å². The van der Waals surface area contributed by atoms with Crippen LogP contribution in [0.25, 0.3) is 16.4 Å². The number of unbranched alkanes of at least 4 members (excludes halogenated alkanes) is 1. The second kappa shape index (κ2) is 7.80. The van der Waals surface area contributed by atoms with Gasteiger partial charge in [0.1, 0.15) is 11.6 Å². The number of thiazole rings is 1. The lowest BCUT2D eigenvalue weighted by atomic mass is 10.2. The summed E-state index contributed by atoms with van der Waals surface area (Å²) in [6, 6.07) is 7.57. The molecule has 0 aliphatic carbocycles. The average Bonchev–Trinajstić information content (AvgIpc) is 3.20. The van der Waals surface area contributed by atoms with Crippen molar-refractivity contribution in [3.63, 3.8) is 0 Å². The van der Waals surface area contributed by atoms with Crippen molar-refractivity contribution in [3.05, 3.63) is 46.7 Å². The fraction of sp³-hybridized carbons (Fsp3) is 0.278. The molecule has 25 heavy (non-hydrogen) atoms. The van der Waals surface area contributed by atoms with Crippen LogP contribution >= 0.6 is 22.9 Å². The van der Waals surface area contributed by atoms with Crippen LogP contribution in [0.4, 0.5) is 5.82 Å². The van der Waals surface area contributed by atoms with Crippen LogP contribution in [-0.2, 0) is 4.79 Å². The van der Waals surface area contributed by atoms with Crippen molar-refractivity contribution in [1.29, 1.82) is 0 Å². The smallest absolute Gasteiger partial charge is 0.225 e. The van der Waals surface area contributed by atoms with E-state index in [2.05, 4.69) is 17.2 Å². The summed E-state index contributed by atoms with van der Waals surface area (Å²) in [5.41, 5.74) is 1.87. The third-order valence-electron chi connectivity index (χ3n) is 3.79. The number of rotatable bonds is 6. The predicted molar refractivity (Wildman–Crippen MR) is 103 cm³/mol. The van der Waals surface area contributed by atoms with Gasteiger partial charge in [0, 0.05) is 22.4 Å². The van der Waals surface area contributed by atoms with Crippen LogP contribution in [0.15, 0.2) is 35.8 Å². The zero-order valence-corrected chi connectivity index (χ0v) is 15.7. The molecule has 1 amide bonds. The van der Waals surface area contributed by atoms with E-state index >= 15 is 0 Å². The lowest BCUT2D eigenvalue weighted by Crippen LogP contribution is -2.14. The number of aryl methyl sites for hydroxylation is 1. The molecule has 2 aromatic heterocycles. The standard InChI is InChI=1S/C18H19ClN4OS/c1-3-4-5-17(24)22-16-10-20-12(2)23(16)18-21-15(11-25-18)13-6-8-14(19)9-7-13/h6-11H,3-5H2,1-2H3,(H,22,24). The highest BCUT2D eigenvalue weighted by atomic mass is 35.5. The summed E-state index contributed by atoms with van der Waals surface area (Å²) in [5.74, 6) is 1.43. The molecule has 3 aromatic rings. The molecule has 3 rings (SSSR count). The third-order valence-corrected chi connectivity index (χ3v) is 4.86. The minimum atomic E-state index is -0.00233. The van der Waals surface area contributed by atoms with Crippen molar-refractivity contribution in [2.75, 3.05) is 5.32 Å². The molecule has 0 saturated heterocycles. The van der Waals surface area contributed by atoms with E-state index in [9.17, 15) is 4.79 Å². The number of hydrogen-bond acceptors (Lipinski definition) is 4. The van der Waals surface area contributed by atoms with Gasteiger partial charge in [-0.3, -0.25) is 9.36 Å². The zero-order chi connectivity index (χ0) is 17.8. The number of anilines is 1. The van der Waals surface area contributed by atoms with Gasteiger partial charge in [0.15, 0.2) is 5.13 Å². The van der Waals surface area contributed by atoms with Gasteiger partial charge in [-0.25, -0.2) is 9.97 Å². The van der Waals surface area contributed by atoms with Crippen molar-refractivity contribution in [3.8, 4) is 16.4 Å². The van der Waals surface area contributed by atoms with Crippen LogP contribution in [0, 0.1) is 6.92 Å². The molecule has 7 heteroatoms. The monoisotopic (exact) mass is 374 g/mol. The Kier molecular flexibility index (Phi) is 5.50. The van der Waals surface area contributed by atoms with Crippen molar-refractivity contribution >= 4 is 34.7 Å². The fourth-order valence-electron chi connectivity index (χ4n) is 2.44. The molecule has 0 bridgehead atoms. The predicted octanol–water partition coefficient (Wildman–Crippen LogP) is 5.09. The summed E-state index contributed by atoms with van der Waals surface area (Å²) >= 11 is 7.45. The van der Waals surface area contributed by atoms with E-state index in [0.29, 0.717) is 17.3 Å². The fourth-order valence-corrected chi connectivity index (χ4v) is 3.46. The van der Waals surface area contributed by atoms with Crippen molar-refractivity contribution < 1.29 is 4.79 Å². The lowest BCUT2D eigenvalue weighted by molar-refractivity contribution is -0.116. The Bertz CT molecular complexity index is 870. The summed E-state index contributed by atoms with van der Waals surface area (Å²) in [6.07, 6.45) is 4.04. The third kappa shape index (κ3) is 4.08. The Morgan fingerprint density at radius 1 is 1.32 bits per heavy atom. The number of nitrogens with zero attached hydrogens (tertiary/aromatic N) is 3. The molecule has 0 radical (unpaired) electrons. The molecule has 0 saturated carbocycles. The van der Waals surface area contributed by atoms with Crippen LogP contribution < -0.4 is 5.32 Å². The molecular formula is C18H19ClN4OS. The molecule has 1 aromatic carbocycles. The van der Waals surface area contributed by atoms with E-state index in [1.807, 2.05) is 41.1 Å². The molecule has 1 N–H and O–H groups in total. The summed E-state index contributed by atoms with van der Waals surface area (Å²) < 4.78 is 1.87. The number of halogens is 1. The highest BCUT2D eigenvalue weighted by Crippen LogP contribution is 2.28. The topological polar surface area (TPSA) is 59.8 Å². The Hall–Kier alpha value is -2.18. The minimum Gasteiger partial charge on any atom is -0.310 e. The van der Waals surface area contributed by atoms with Crippen LogP contribution in [0.3, 0.4) is 0 Å². The first kappa shape index (κ1) is 17.6. The number of hydrogen-bond donors (Lipinski definition) is 1. The molecule has 0 atom stereocenters. The van der Waals surface area contributed by atoms with Gasteiger partial charge in [-0.05, 0) is 25.5 Å². The largest absolute Gasteiger partial charge is 0.310 e. The van der Waals surface area contributed by atoms with Gasteiger partial charge in [0.05, 0.1) is 11.9 Å². The zero-order valence-electron chi connectivity index (χ0n) is 14.1. The number of aromatic nitrogens is 3. The van der Waals surface area contributed by atoms with E-state index < -0.39 is 0 Å². The minimum absolute atomic E-state index is 0.00233. The van der Waals surface area contributed by atoms with E-state index in [-0.39, 0.29) is 5.91 Å². The quantitative estimate of drug-likeness (QED) is 0.654. The molecule has 2 heterocycles. The second-order valence-electron chi connectivity index (χ2n) is 5.70. The lowest BCUT2D eigenvalue weighted by Gasteiger charge is -2.08. The SMILES string of the molecule is CCCCC(=O)Nc1cnc(C)n1-c1nc(-c2ccc(Cl)cc2)cs1. The first-order valence-corrected chi connectivity index (χ1v) is 9.40. The number of carbonyl (C=O) groups excluding carboxylic acids is 1. The van der Waals surface area contributed by atoms with Crippen molar-refractivity contribution in [2.24, 2.45) is 0 Å². The van der Waals surface area contributed by atoms with Crippen molar-refractivity contribution in [2.45, 2.75) is 33.1 Å². The molecule has 0 aliphatic heterocycles. The Morgan fingerprint density at radius 2 is 2.08 bits per heavy atom. The van der Waals surface area contributed by atoms with Gasteiger partial charge in [-0.2, -0.15) is 0 Å². The molecule has 0 aliphatic rings. The van der Waals surface area contributed by atoms with E-state index in [1.54, 1.807) is 6.20 Å². The Balaban J connectivity index is 1.86. The summed E-state index contributed by atoms with van der Waals surface area (Å²) in [6.45, 7) is 3.96. The average molecular weight is 375 g/mol. The van der Waals surface area contributed by atoms with Crippen LogP contribution in [0.2, 0.25) is 5.02 Å². The molecule has 0 spiro atoms. The van der Waals surface area contributed by atoms with Crippen molar-refractivity contribution in [1.82, 2.24) is 14.5 Å². The second-order valence-corrected chi connectivity index (χ2v) is 6.97. The first-order valence-electron chi connectivity index (χ1n) is 8.14. The normalized spacial score (nSPS) is 10.8. The number of nitrogens with one attached hydrogen (secondary N) is 1. The van der Waals surface area contributed by atoms with Crippen LogP contribution in [-0.4, -0.2) is 20.4 Å². The molecule has 130 valence electrons. The highest BCUT2D eigenvalue weighted by molar-refractivity contribution is 7.12. The summed E-state index contributed by atoms with van der Waals surface area (Å²) in [4.78, 5) is 21.0. The van der Waals surface area contributed by atoms with Gasteiger partial charge in [0.25, 0.3) is 0 Å². The maximum absolute atomic E-state index is 12.0. The van der Waals surface area contributed by atoms with Crippen LogP contribution in [0.1, 0.15) is 32.0 Å². The Labute approximate surface area is 155 Å². The van der Waals surface area contributed by atoms with E-state index in [0.717, 1.165) is 35.1 Å². The van der Waals surface area contributed by atoms with E-state index in [4.69, 9.17) is 16.6 Å². The summed E-state index contributed by atoms with van der Waals surface area (Å²) in [7, 11) is 0. The molecular weight excluding hydrogens is 356 g/mol. The maximum Gasteiger partial charge on any atom is 0.225 e. The number of carbonyl (C=O) groups is 1. The van der Waals surface area contributed by atoms with Gasteiger partial charge in [0.2, 0.25) is 5.91 Å². The number of amides is 1. The highest BCUT2D eigenvalue weighted by Gasteiger charge is 2.15. The molecule has 0 fully saturated rings. The van der Waals surface area contributed by atoms with Gasteiger partial charge >= 0.3 is 0 Å².